The minimum absolute atomic E-state index is 0.205. The zero-order chi connectivity index (χ0) is 24.4. The van der Waals surface area contributed by atoms with Gasteiger partial charge in [0.1, 0.15) is 11.5 Å². The monoisotopic (exact) mass is 470 g/mol. The van der Waals surface area contributed by atoms with Gasteiger partial charge in [0.2, 0.25) is 0 Å². The van der Waals surface area contributed by atoms with Gasteiger partial charge in [-0.15, -0.1) is 0 Å². The second-order valence-corrected chi connectivity index (χ2v) is 8.03. The van der Waals surface area contributed by atoms with Gasteiger partial charge in [-0.1, -0.05) is 19.1 Å². The maximum absolute atomic E-state index is 13.4. The van der Waals surface area contributed by atoms with Gasteiger partial charge in [-0.25, -0.2) is 19.2 Å². The molecule has 0 radical (unpaired) electrons. The molecule has 0 fully saturated rings. The average Bonchev–Trinajstić information content (AvgIpc) is 3.51. The summed E-state index contributed by atoms with van der Waals surface area (Å²) in [6.45, 7) is 2.76. The quantitative estimate of drug-likeness (QED) is 0.296. The van der Waals surface area contributed by atoms with Crippen molar-refractivity contribution in [2.45, 2.75) is 19.9 Å². The summed E-state index contributed by atoms with van der Waals surface area (Å²) in [5, 5.41) is 4.16. The van der Waals surface area contributed by atoms with Crippen molar-refractivity contribution in [3.8, 4) is 17.0 Å². The van der Waals surface area contributed by atoms with E-state index in [9.17, 15) is 9.18 Å². The summed E-state index contributed by atoms with van der Waals surface area (Å²) >= 11 is 0. The lowest BCUT2D eigenvalue weighted by Crippen LogP contribution is -2.17. The number of amides is 1. The van der Waals surface area contributed by atoms with Crippen molar-refractivity contribution in [3.63, 3.8) is 0 Å². The van der Waals surface area contributed by atoms with Crippen LogP contribution in [0.4, 0.5) is 20.6 Å². The Bertz CT molecular complexity index is 1490. The number of carbonyl (C=O) groups excluding carboxylic acids is 1. The number of fused-ring (bicyclic) bond motifs is 1. The van der Waals surface area contributed by atoms with Crippen LogP contribution in [-0.4, -0.2) is 25.6 Å². The highest BCUT2D eigenvalue weighted by molar-refractivity contribution is 5.98. The van der Waals surface area contributed by atoms with E-state index in [1.54, 1.807) is 24.7 Å². The standard InChI is InChI=1S/C26H23FN6O2/c1-2-19-17(14-33-11-10-29-15-33)4-3-5-21(19)31-24-20-12-22(16-6-8-18(27)9-7-16)32-25(20)30-13-23(24)35-26(28)34/h3-13,15H,2,14H2,1H3,(H2,28,34)(H2,30,31,32). The molecule has 35 heavy (non-hydrogen) atoms. The summed E-state index contributed by atoms with van der Waals surface area (Å²) in [4.78, 5) is 23.4. The Morgan fingerprint density at radius 2 is 2.06 bits per heavy atom. The summed E-state index contributed by atoms with van der Waals surface area (Å²) in [5.41, 5.74) is 11.1. The van der Waals surface area contributed by atoms with Gasteiger partial charge in [0.15, 0.2) is 5.75 Å². The van der Waals surface area contributed by atoms with E-state index in [-0.39, 0.29) is 11.6 Å². The van der Waals surface area contributed by atoms with Gasteiger partial charge in [0, 0.05) is 35.7 Å². The Morgan fingerprint density at radius 3 is 2.77 bits per heavy atom. The van der Waals surface area contributed by atoms with Crippen LogP contribution < -0.4 is 15.8 Å². The van der Waals surface area contributed by atoms with E-state index in [0.717, 1.165) is 34.5 Å². The Labute approximate surface area is 200 Å². The molecular formula is C26H23FN6O2. The number of primary amides is 1. The predicted molar refractivity (Wildman–Crippen MR) is 132 cm³/mol. The van der Waals surface area contributed by atoms with Gasteiger partial charge < -0.3 is 25.3 Å². The number of rotatable bonds is 7. The van der Waals surface area contributed by atoms with Crippen molar-refractivity contribution < 1.29 is 13.9 Å². The molecule has 0 aliphatic heterocycles. The number of pyridine rings is 1. The van der Waals surface area contributed by atoms with Crippen LogP contribution in [0.15, 0.2) is 73.4 Å². The second-order valence-electron chi connectivity index (χ2n) is 8.03. The maximum Gasteiger partial charge on any atom is 0.410 e. The zero-order valence-corrected chi connectivity index (χ0v) is 19.0. The third-order valence-corrected chi connectivity index (χ3v) is 5.79. The van der Waals surface area contributed by atoms with Crippen LogP contribution in [0.25, 0.3) is 22.3 Å². The number of nitrogens with zero attached hydrogens (tertiary/aromatic N) is 3. The fraction of sp³-hybridized carbons (Fsp3) is 0.115. The number of H-pyrrole nitrogens is 1. The molecule has 4 N–H and O–H groups in total. The van der Waals surface area contributed by atoms with Gasteiger partial charge in [-0.05, 0) is 59.5 Å². The Balaban J connectivity index is 1.60. The van der Waals surface area contributed by atoms with E-state index in [4.69, 9.17) is 10.5 Å². The van der Waals surface area contributed by atoms with E-state index in [2.05, 4.69) is 33.3 Å². The van der Waals surface area contributed by atoms with Gasteiger partial charge >= 0.3 is 6.09 Å². The minimum atomic E-state index is -0.937. The van der Waals surface area contributed by atoms with E-state index in [0.29, 0.717) is 23.3 Å². The SMILES string of the molecule is CCc1c(Cn2ccnc2)cccc1Nc1c(OC(N)=O)cnc2[nH]c(-c3ccc(F)cc3)cc12. The lowest BCUT2D eigenvalue weighted by atomic mass is 10.0. The summed E-state index contributed by atoms with van der Waals surface area (Å²) in [6, 6.07) is 14.1. The third-order valence-electron chi connectivity index (χ3n) is 5.79. The molecule has 0 aliphatic carbocycles. The van der Waals surface area contributed by atoms with Gasteiger partial charge in [-0.3, -0.25) is 0 Å². The number of ether oxygens (including phenoxy) is 1. The van der Waals surface area contributed by atoms with Crippen LogP contribution >= 0.6 is 0 Å². The Hall–Kier alpha value is -4.66. The molecule has 3 heterocycles. The molecule has 2 aromatic carbocycles. The van der Waals surface area contributed by atoms with Crippen molar-refractivity contribution in [2.24, 2.45) is 5.73 Å². The molecule has 5 aromatic rings. The third kappa shape index (κ3) is 4.56. The predicted octanol–water partition coefficient (Wildman–Crippen LogP) is 5.38. The highest BCUT2D eigenvalue weighted by atomic mass is 19.1. The molecule has 176 valence electrons. The summed E-state index contributed by atoms with van der Waals surface area (Å²) < 4.78 is 20.7. The highest BCUT2D eigenvalue weighted by Crippen LogP contribution is 2.38. The number of anilines is 2. The van der Waals surface area contributed by atoms with Crippen molar-refractivity contribution in [2.75, 3.05) is 5.32 Å². The summed E-state index contributed by atoms with van der Waals surface area (Å²) in [6.07, 6.45) is 6.73. The molecule has 0 atom stereocenters. The molecule has 8 nitrogen and oxygen atoms in total. The summed E-state index contributed by atoms with van der Waals surface area (Å²) in [7, 11) is 0. The Kier molecular flexibility index (Phi) is 5.88. The first kappa shape index (κ1) is 22.1. The normalized spacial score (nSPS) is 11.0. The number of aromatic nitrogens is 4. The van der Waals surface area contributed by atoms with E-state index in [1.165, 1.54) is 18.3 Å². The molecule has 5 rings (SSSR count). The number of nitrogens with one attached hydrogen (secondary N) is 2. The molecule has 0 saturated heterocycles. The number of benzene rings is 2. The van der Waals surface area contributed by atoms with Crippen LogP contribution in [0.3, 0.4) is 0 Å². The van der Waals surface area contributed by atoms with Crippen molar-refractivity contribution in [3.05, 3.63) is 90.4 Å². The molecular weight excluding hydrogens is 447 g/mol. The smallest absolute Gasteiger partial charge is 0.407 e. The highest BCUT2D eigenvalue weighted by Gasteiger charge is 2.18. The Morgan fingerprint density at radius 1 is 1.23 bits per heavy atom. The van der Waals surface area contributed by atoms with Crippen LogP contribution in [0.5, 0.6) is 5.75 Å². The molecule has 0 unspecified atom stereocenters. The number of nitrogens with two attached hydrogens (primary N) is 1. The van der Waals surface area contributed by atoms with E-state index in [1.807, 2.05) is 29.0 Å². The molecule has 0 aliphatic rings. The second kappa shape index (κ2) is 9.30. The molecule has 1 amide bonds. The first-order valence-electron chi connectivity index (χ1n) is 11.1. The molecule has 3 aromatic heterocycles. The molecule has 0 bridgehead atoms. The lowest BCUT2D eigenvalue weighted by Gasteiger charge is -2.18. The van der Waals surface area contributed by atoms with Gasteiger partial charge in [0.25, 0.3) is 0 Å². The van der Waals surface area contributed by atoms with Crippen LogP contribution in [-0.2, 0) is 13.0 Å². The van der Waals surface area contributed by atoms with Crippen molar-refractivity contribution in [1.29, 1.82) is 0 Å². The molecule has 9 heteroatoms. The average molecular weight is 471 g/mol. The maximum atomic E-state index is 13.4. The number of hydrogen-bond donors (Lipinski definition) is 3. The first-order valence-corrected chi connectivity index (χ1v) is 11.1. The number of hydrogen-bond acceptors (Lipinski definition) is 5. The summed E-state index contributed by atoms with van der Waals surface area (Å²) in [5.74, 6) is -0.109. The number of imidazole rings is 1. The van der Waals surface area contributed by atoms with Crippen LogP contribution in [0.2, 0.25) is 0 Å². The van der Waals surface area contributed by atoms with E-state index < -0.39 is 6.09 Å². The topological polar surface area (TPSA) is 111 Å². The lowest BCUT2D eigenvalue weighted by molar-refractivity contribution is 0.211. The zero-order valence-electron chi connectivity index (χ0n) is 19.0. The number of halogens is 1. The first-order chi connectivity index (χ1) is 17.0. The van der Waals surface area contributed by atoms with Gasteiger partial charge in [0.05, 0.1) is 18.2 Å². The molecule has 0 spiro atoms. The van der Waals surface area contributed by atoms with Gasteiger partial charge in [-0.2, -0.15) is 0 Å². The van der Waals surface area contributed by atoms with Crippen molar-refractivity contribution >= 4 is 28.5 Å². The minimum Gasteiger partial charge on any atom is -0.407 e. The van der Waals surface area contributed by atoms with E-state index >= 15 is 0 Å². The fourth-order valence-corrected chi connectivity index (χ4v) is 4.19. The number of carbonyl (C=O) groups is 1. The molecule has 0 saturated carbocycles. The largest absolute Gasteiger partial charge is 0.410 e. The fourth-order valence-electron chi connectivity index (χ4n) is 4.19. The van der Waals surface area contributed by atoms with Crippen molar-refractivity contribution in [1.82, 2.24) is 19.5 Å². The van der Waals surface area contributed by atoms with Crippen LogP contribution in [0, 0.1) is 5.82 Å². The number of aromatic amines is 1. The van der Waals surface area contributed by atoms with Crippen LogP contribution in [0.1, 0.15) is 18.1 Å².